The summed E-state index contributed by atoms with van der Waals surface area (Å²) < 4.78 is 17.2. The van der Waals surface area contributed by atoms with E-state index < -0.39 is 17.7 Å². The third kappa shape index (κ3) is 6.22. The molecular formula is C32H35NO7. The number of amides is 1. The standard InChI is InChI=1S/C32H35NO7/c1-6-38-24-16-17-25(26(18-24)39-7-2)29(35)27-28(21-10-12-22(34)13-11-21)33(31(37)30(27)36)19-20-8-14-23(15-9-20)40-32(3,4)5/h8-18,28,34-35H,6-7,19H2,1-5H3/b29-27-. The van der Waals surface area contributed by atoms with Gasteiger partial charge in [0.15, 0.2) is 0 Å². The number of likely N-dealkylation sites (tertiary alicyclic amines) is 1. The van der Waals surface area contributed by atoms with Crippen LogP contribution < -0.4 is 14.2 Å². The topological polar surface area (TPSA) is 106 Å². The van der Waals surface area contributed by atoms with Crippen LogP contribution in [0.1, 0.15) is 57.4 Å². The Hall–Kier alpha value is -4.46. The number of Topliss-reactive ketones (excluding diaryl/α,β-unsaturated/α-hetero) is 1. The van der Waals surface area contributed by atoms with Crippen molar-refractivity contribution >= 4 is 17.4 Å². The fourth-order valence-corrected chi connectivity index (χ4v) is 4.63. The predicted octanol–water partition coefficient (Wildman–Crippen LogP) is 5.99. The van der Waals surface area contributed by atoms with Crippen LogP contribution in [0.2, 0.25) is 0 Å². The molecular weight excluding hydrogens is 510 g/mol. The maximum absolute atomic E-state index is 13.5. The Kier molecular flexibility index (Phi) is 8.38. The summed E-state index contributed by atoms with van der Waals surface area (Å²) in [5.41, 5.74) is 1.20. The van der Waals surface area contributed by atoms with Crippen molar-refractivity contribution in [2.75, 3.05) is 13.2 Å². The SMILES string of the molecule is CCOc1ccc(/C(O)=C2/C(=O)C(=O)N(Cc3ccc(OC(C)(C)C)cc3)C2c2ccc(O)cc2)c(OCC)c1. The smallest absolute Gasteiger partial charge is 0.295 e. The zero-order valence-electron chi connectivity index (χ0n) is 23.4. The summed E-state index contributed by atoms with van der Waals surface area (Å²) >= 11 is 0. The average Bonchev–Trinajstić information content (AvgIpc) is 3.14. The summed E-state index contributed by atoms with van der Waals surface area (Å²) in [5, 5.41) is 21.4. The molecule has 0 spiro atoms. The molecule has 8 heteroatoms. The lowest BCUT2D eigenvalue weighted by molar-refractivity contribution is -0.140. The molecule has 1 heterocycles. The lowest BCUT2D eigenvalue weighted by Crippen LogP contribution is -2.29. The largest absolute Gasteiger partial charge is 0.508 e. The third-order valence-corrected chi connectivity index (χ3v) is 6.27. The monoisotopic (exact) mass is 545 g/mol. The molecule has 0 saturated carbocycles. The van der Waals surface area contributed by atoms with Gasteiger partial charge in [-0.15, -0.1) is 0 Å². The van der Waals surface area contributed by atoms with Gasteiger partial charge in [-0.3, -0.25) is 9.59 Å². The van der Waals surface area contributed by atoms with E-state index in [4.69, 9.17) is 14.2 Å². The number of hydrogen-bond acceptors (Lipinski definition) is 7. The van der Waals surface area contributed by atoms with E-state index in [0.29, 0.717) is 36.0 Å². The normalized spacial score (nSPS) is 16.7. The van der Waals surface area contributed by atoms with E-state index >= 15 is 0 Å². The first-order valence-electron chi connectivity index (χ1n) is 13.3. The molecule has 0 radical (unpaired) electrons. The summed E-state index contributed by atoms with van der Waals surface area (Å²) in [4.78, 5) is 28.3. The van der Waals surface area contributed by atoms with Crippen molar-refractivity contribution in [3.05, 3.63) is 89.0 Å². The number of phenolic OH excluding ortho intramolecular Hbond substituents is 1. The van der Waals surface area contributed by atoms with Gasteiger partial charge in [-0.05, 0) is 82.1 Å². The lowest BCUT2D eigenvalue weighted by atomic mass is 9.94. The number of nitrogens with zero attached hydrogens (tertiary/aromatic N) is 1. The zero-order chi connectivity index (χ0) is 29.0. The van der Waals surface area contributed by atoms with Gasteiger partial charge in [0, 0.05) is 12.6 Å². The van der Waals surface area contributed by atoms with Gasteiger partial charge in [-0.25, -0.2) is 0 Å². The van der Waals surface area contributed by atoms with E-state index in [1.54, 1.807) is 30.3 Å². The van der Waals surface area contributed by atoms with E-state index in [2.05, 4.69) is 0 Å². The van der Waals surface area contributed by atoms with E-state index in [0.717, 1.165) is 5.56 Å². The molecule has 0 aromatic heterocycles. The maximum Gasteiger partial charge on any atom is 0.295 e. The number of rotatable bonds is 9. The first kappa shape index (κ1) is 28.5. The van der Waals surface area contributed by atoms with E-state index in [1.165, 1.54) is 17.0 Å². The minimum absolute atomic E-state index is 0.0419. The van der Waals surface area contributed by atoms with Gasteiger partial charge in [0.1, 0.15) is 34.4 Å². The molecule has 1 fully saturated rings. The molecule has 3 aromatic rings. The van der Waals surface area contributed by atoms with Gasteiger partial charge >= 0.3 is 0 Å². The minimum Gasteiger partial charge on any atom is -0.508 e. The van der Waals surface area contributed by atoms with E-state index in [1.807, 2.05) is 58.9 Å². The Bertz CT molecular complexity index is 1400. The quantitative estimate of drug-likeness (QED) is 0.193. The molecule has 4 rings (SSSR count). The zero-order valence-corrected chi connectivity index (χ0v) is 23.4. The van der Waals surface area contributed by atoms with Gasteiger partial charge in [0.05, 0.1) is 30.4 Å². The first-order valence-corrected chi connectivity index (χ1v) is 13.3. The number of carbonyl (C=O) groups excluding carboxylic acids is 2. The molecule has 40 heavy (non-hydrogen) atoms. The number of benzene rings is 3. The van der Waals surface area contributed by atoms with E-state index in [9.17, 15) is 19.8 Å². The molecule has 1 atom stereocenters. The van der Waals surface area contributed by atoms with Crippen molar-refractivity contribution in [1.29, 1.82) is 0 Å². The van der Waals surface area contributed by atoms with Crippen molar-refractivity contribution in [3.63, 3.8) is 0 Å². The summed E-state index contributed by atoms with van der Waals surface area (Å²) in [6.45, 7) is 10.4. The van der Waals surface area contributed by atoms with Crippen LogP contribution in [-0.2, 0) is 16.1 Å². The highest BCUT2D eigenvalue weighted by molar-refractivity contribution is 6.46. The van der Waals surface area contributed by atoms with Crippen molar-refractivity contribution in [2.45, 2.75) is 52.8 Å². The molecule has 1 unspecified atom stereocenters. The lowest BCUT2D eigenvalue weighted by Gasteiger charge is -2.26. The van der Waals surface area contributed by atoms with Gasteiger partial charge in [-0.1, -0.05) is 24.3 Å². The number of carbonyl (C=O) groups is 2. The summed E-state index contributed by atoms with van der Waals surface area (Å²) in [6, 6.07) is 17.6. The summed E-state index contributed by atoms with van der Waals surface area (Å²) in [5.74, 6) is -0.280. The highest BCUT2D eigenvalue weighted by atomic mass is 16.5. The van der Waals surface area contributed by atoms with Crippen LogP contribution in [0.25, 0.3) is 5.76 Å². The molecule has 0 bridgehead atoms. The van der Waals surface area contributed by atoms with E-state index in [-0.39, 0.29) is 34.8 Å². The molecule has 8 nitrogen and oxygen atoms in total. The minimum atomic E-state index is -0.896. The second-order valence-electron chi connectivity index (χ2n) is 10.4. The number of hydrogen-bond donors (Lipinski definition) is 2. The van der Waals surface area contributed by atoms with Crippen molar-refractivity contribution in [2.24, 2.45) is 0 Å². The fraction of sp³-hybridized carbons (Fsp3) is 0.312. The Morgan fingerprint density at radius 2 is 1.50 bits per heavy atom. The summed E-state index contributed by atoms with van der Waals surface area (Å²) in [7, 11) is 0. The molecule has 0 aliphatic carbocycles. The average molecular weight is 546 g/mol. The number of aromatic hydroxyl groups is 1. The number of ether oxygens (including phenoxy) is 3. The molecule has 1 saturated heterocycles. The van der Waals surface area contributed by atoms with Gasteiger partial charge < -0.3 is 29.3 Å². The van der Waals surface area contributed by atoms with Crippen LogP contribution in [0, 0.1) is 0 Å². The van der Waals surface area contributed by atoms with Gasteiger partial charge in [0.25, 0.3) is 11.7 Å². The molecule has 210 valence electrons. The Morgan fingerprint density at radius 1 is 0.875 bits per heavy atom. The molecule has 3 aromatic carbocycles. The van der Waals surface area contributed by atoms with Crippen LogP contribution in [0.15, 0.2) is 72.3 Å². The highest BCUT2D eigenvalue weighted by Crippen LogP contribution is 2.42. The Balaban J connectivity index is 1.79. The number of ketones is 1. The number of aliphatic hydroxyl groups excluding tert-OH is 1. The van der Waals surface area contributed by atoms with Crippen LogP contribution >= 0.6 is 0 Å². The Morgan fingerprint density at radius 3 is 2.10 bits per heavy atom. The highest BCUT2D eigenvalue weighted by Gasteiger charge is 2.46. The van der Waals surface area contributed by atoms with Crippen LogP contribution in [0.5, 0.6) is 23.0 Å². The van der Waals surface area contributed by atoms with Crippen LogP contribution in [-0.4, -0.2) is 45.6 Å². The van der Waals surface area contributed by atoms with Crippen molar-refractivity contribution in [3.8, 4) is 23.0 Å². The summed E-state index contributed by atoms with van der Waals surface area (Å²) in [6.07, 6.45) is 0. The van der Waals surface area contributed by atoms with Crippen LogP contribution in [0.4, 0.5) is 0 Å². The first-order chi connectivity index (χ1) is 19.0. The Labute approximate surface area is 234 Å². The fourth-order valence-electron chi connectivity index (χ4n) is 4.63. The molecule has 1 aliphatic rings. The van der Waals surface area contributed by atoms with Gasteiger partial charge in [-0.2, -0.15) is 0 Å². The second kappa shape index (κ2) is 11.7. The molecule has 1 amide bonds. The molecule has 1 aliphatic heterocycles. The van der Waals surface area contributed by atoms with Crippen LogP contribution in [0.3, 0.4) is 0 Å². The number of aliphatic hydroxyl groups is 1. The van der Waals surface area contributed by atoms with Gasteiger partial charge in [0.2, 0.25) is 0 Å². The van der Waals surface area contributed by atoms with Crippen molar-refractivity contribution < 1.29 is 34.0 Å². The number of phenols is 1. The molecule has 2 N–H and O–H groups in total. The maximum atomic E-state index is 13.5. The third-order valence-electron chi connectivity index (χ3n) is 6.27. The second-order valence-corrected chi connectivity index (χ2v) is 10.4. The predicted molar refractivity (Wildman–Crippen MR) is 152 cm³/mol. The van der Waals surface area contributed by atoms with Crippen molar-refractivity contribution in [1.82, 2.24) is 4.90 Å².